The Morgan fingerprint density at radius 3 is 2.52 bits per heavy atom. The van der Waals surface area contributed by atoms with E-state index in [1.165, 1.54) is 6.42 Å². The van der Waals surface area contributed by atoms with Crippen LogP contribution in [-0.4, -0.2) is 36.5 Å². The number of carbonyl (C=O) groups is 1. The van der Waals surface area contributed by atoms with Crippen molar-refractivity contribution >= 4 is 5.91 Å². The summed E-state index contributed by atoms with van der Waals surface area (Å²) >= 11 is 0. The molecule has 21 heavy (non-hydrogen) atoms. The van der Waals surface area contributed by atoms with Crippen LogP contribution in [0.1, 0.15) is 54.1 Å². The van der Waals surface area contributed by atoms with Crippen molar-refractivity contribution in [3.05, 3.63) is 22.6 Å². The van der Waals surface area contributed by atoms with E-state index in [0.717, 1.165) is 48.7 Å². The van der Waals surface area contributed by atoms with Gasteiger partial charge in [0.1, 0.15) is 11.5 Å². The molecule has 0 aromatic carbocycles. The molecule has 0 aliphatic carbocycles. The number of hydrogen-bond donors (Lipinski definition) is 1. The van der Waals surface area contributed by atoms with E-state index >= 15 is 0 Å². The summed E-state index contributed by atoms with van der Waals surface area (Å²) in [5.41, 5.74) is 1.73. The second-order valence-electron chi connectivity index (χ2n) is 6.61. The zero-order valence-electron chi connectivity index (χ0n) is 14.0. The predicted molar refractivity (Wildman–Crippen MR) is 84.7 cm³/mol. The van der Waals surface area contributed by atoms with Crippen LogP contribution in [0.4, 0.5) is 0 Å². The summed E-state index contributed by atoms with van der Waals surface area (Å²) in [6.45, 7) is 12.7. The lowest BCUT2D eigenvalue weighted by Crippen LogP contribution is -2.43. The van der Waals surface area contributed by atoms with Gasteiger partial charge in [0.25, 0.3) is 5.91 Å². The molecular formula is C17H28N2O2. The predicted octanol–water partition coefficient (Wildman–Crippen LogP) is 3.06. The fourth-order valence-electron chi connectivity index (χ4n) is 3.13. The zero-order chi connectivity index (χ0) is 15.6. The van der Waals surface area contributed by atoms with Crippen LogP contribution in [0.2, 0.25) is 0 Å². The second kappa shape index (κ2) is 6.65. The zero-order valence-corrected chi connectivity index (χ0v) is 14.0. The molecule has 1 amide bonds. The molecule has 1 aliphatic heterocycles. The maximum atomic E-state index is 13.0. The Labute approximate surface area is 127 Å². The van der Waals surface area contributed by atoms with Crippen molar-refractivity contribution in [3.63, 3.8) is 0 Å². The molecule has 1 aromatic rings. The maximum Gasteiger partial charge on any atom is 0.257 e. The van der Waals surface area contributed by atoms with Crippen molar-refractivity contribution < 1.29 is 9.21 Å². The van der Waals surface area contributed by atoms with Crippen molar-refractivity contribution in [2.45, 2.75) is 53.5 Å². The number of aryl methyl sites for hydroxylation is 2. The molecule has 0 saturated carbocycles. The number of amides is 1. The molecule has 1 saturated heterocycles. The molecule has 0 radical (unpaired) electrons. The average molecular weight is 292 g/mol. The standard InChI is InChI=1S/C17H28N2O2/c1-11(2)9-19(10-15-7-6-8-18-15)17(20)16-12(3)13(4)21-14(16)5/h11,15,18H,6-10H2,1-5H3. The van der Waals surface area contributed by atoms with Crippen molar-refractivity contribution in [1.82, 2.24) is 10.2 Å². The molecule has 1 fully saturated rings. The third-order valence-electron chi connectivity index (χ3n) is 4.25. The first kappa shape index (κ1) is 16.1. The number of carbonyl (C=O) groups excluding carboxylic acids is 1. The average Bonchev–Trinajstić information content (AvgIpc) is 2.97. The number of rotatable bonds is 5. The minimum Gasteiger partial charge on any atom is -0.466 e. The molecule has 1 aromatic heterocycles. The van der Waals surface area contributed by atoms with Gasteiger partial charge in [-0.05, 0) is 46.1 Å². The number of hydrogen-bond acceptors (Lipinski definition) is 3. The molecule has 2 heterocycles. The Hall–Kier alpha value is -1.29. The van der Waals surface area contributed by atoms with Crippen LogP contribution in [0.15, 0.2) is 4.42 Å². The van der Waals surface area contributed by atoms with Gasteiger partial charge in [-0.1, -0.05) is 13.8 Å². The Bertz CT molecular complexity index is 499. The lowest BCUT2D eigenvalue weighted by Gasteiger charge is -2.27. The largest absolute Gasteiger partial charge is 0.466 e. The summed E-state index contributed by atoms with van der Waals surface area (Å²) in [6.07, 6.45) is 2.36. The quantitative estimate of drug-likeness (QED) is 0.907. The van der Waals surface area contributed by atoms with Gasteiger partial charge in [0.05, 0.1) is 5.56 Å². The fraction of sp³-hybridized carbons (Fsp3) is 0.706. The Kier molecular flexibility index (Phi) is 5.09. The first-order valence-electron chi connectivity index (χ1n) is 7.99. The Balaban J connectivity index is 2.20. The van der Waals surface area contributed by atoms with E-state index in [4.69, 9.17) is 4.42 Å². The van der Waals surface area contributed by atoms with Crippen LogP contribution in [0.25, 0.3) is 0 Å². The highest BCUT2D eigenvalue weighted by Crippen LogP contribution is 2.23. The summed E-state index contributed by atoms with van der Waals surface area (Å²) in [7, 11) is 0. The van der Waals surface area contributed by atoms with E-state index in [-0.39, 0.29) is 5.91 Å². The van der Waals surface area contributed by atoms with E-state index in [9.17, 15) is 4.79 Å². The maximum absolute atomic E-state index is 13.0. The fourth-order valence-corrected chi connectivity index (χ4v) is 3.13. The van der Waals surface area contributed by atoms with Crippen LogP contribution in [0, 0.1) is 26.7 Å². The third kappa shape index (κ3) is 3.67. The first-order chi connectivity index (χ1) is 9.90. The molecule has 2 rings (SSSR count). The molecule has 118 valence electrons. The van der Waals surface area contributed by atoms with Gasteiger partial charge in [-0.25, -0.2) is 0 Å². The number of nitrogens with one attached hydrogen (secondary N) is 1. The van der Waals surface area contributed by atoms with Crippen LogP contribution < -0.4 is 5.32 Å². The van der Waals surface area contributed by atoms with Crippen molar-refractivity contribution in [2.75, 3.05) is 19.6 Å². The van der Waals surface area contributed by atoms with Crippen molar-refractivity contribution in [2.24, 2.45) is 5.92 Å². The minimum absolute atomic E-state index is 0.115. The van der Waals surface area contributed by atoms with Gasteiger partial charge in [-0.15, -0.1) is 0 Å². The van der Waals surface area contributed by atoms with E-state index in [0.29, 0.717) is 12.0 Å². The van der Waals surface area contributed by atoms with E-state index in [2.05, 4.69) is 19.2 Å². The molecular weight excluding hydrogens is 264 g/mol. The van der Waals surface area contributed by atoms with Gasteiger partial charge < -0.3 is 14.6 Å². The van der Waals surface area contributed by atoms with Gasteiger partial charge in [-0.3, -0.25) is 4.79 Å². The lowest BCUT2D eigenvalue weighted by atomic mass is 10.1. The highest BCUT2D eigenvalue weighted by atomic mass is 16.3. The van der Waals surface area contributed by atoms with Gasteiger partial charge in [0, 0.05) is 24.7 Å². The molecule has 1 N–H and O–H groups in total. The number of nitrogens with zero attached hydrogens (tertiary/aromatic N) is 1. The monoisotopic (exact) mass is 292 g/mol. The normalized spacial score (nSPS) is 18.5. The van der Waals surface area contributed by atoms with E-state index in [1.54, 1.807) is 0 Å². The van der Waals surface area contributed by atoms with Gasteiger partial charge in [0.15, 0.2) is 0 Å². The topological polar surface area (TPSA) is 45.5 Å². The van der Waals surface area contributed by atoms with Gasteiger partial charge in [0.2, 0.25) is 0 Å². The van der Waals surface area contributed by atoms with Gasteiger partial charge >= 0.3 is 0 Å². The highest BCUT2D eigenvalue weighted by Gasteiger charge is 2.27. The SMILES string of the molecule is Cc1oc(C)c(C(=O)N(CC(C)C)CC2CCCN2)c1C. The molecule has 1 unspecified atom stereocenters. The Morgan fingerprint density at radius 2 is 2.05 bits per heavy atom. The summed E-state index contributed by atoms with van der Waals surface area (Å²) < 4.78 is 5.63. The van der Waals surface area contributed by atoms with Gasteiger partial charge in [-0.2, -0.15) is 0 Å². The van der Waals surface area contributed by atoms with Crippen molar-refractivity contribution in [3.8, 4) is 0 Å². The van der Waals surface area contributed by atoms with Crippen LogP contribution in [0.3, 0.4) is 0 Å². The third-order valence-corrected chi connectivity index (χ3v) is 4.25. The first-order valence-corrected chi connectivity index (χ1v) is 7.99. The summed E-state index contributed by atoms with van der Waals surface area (Å²) in [4.78, 5) is 15.0. The smallest absolute Gasteiger partial charge is 0.257 e. The van der Waals surface area contributed by atoms with Crippen LogP contribution in [-0.2, 0) is 0 Å². The molecule has 4 nitrogen and oxygen atoms in total. The minimum atomic E-state index is 0.115. The van der Waals surface area contributed by atoms with E-state index in [1.807, 2.05) is 25.7 Å². The Morgan fingerprint density at radius 1 is 1.33 bits per heavy atom. The molecule has 4 heteroatoms. The second-order valence-corrected chi connectivity index (χ2v) is 6.61. The van der Waals surface area contributed by atoms with Crippen molar-refractivity contribution in [1.29, 1.82) is 0 Å². The molecule has 0 bridgehead atoms. The summed E-state index contributed by atoms with van der Waals surface area (Å²) in [5, 5.41) is 3.48. The van der Waals surface area contributed by atoms with Crippen LogP contribution >= 0.6 is 0 Å². The lowest BCUT2D eigenvalue weighted by molar-refractivity contribution is 0.0719. The molecule has 1 atom stereocenters. The summed E-state index contributed by atoms with van der Waals surface area (Å²) in [6, 6.07) is 0.432. The van der Waals surface area contributed by atoms with E-state index < -0.39 is 0 Å². The molecule has 1 aliphatic rings. The number of furan rings is 1. The molecule has 0 spiro atoms. The summed E-state index contributed by atoms with van der Waals surface area (Å²) in [5.74, 6) is 2.16. The van der Waals surface area contributed by atoms with Crippen LogP contribution in [0.5, 0.6) is 0 Å². The highest BCUT2D eigenvalue weighted by molar-refractivity contribution is 5.96.